The van der Waals surface area contributed by atoms with E-state index in [4.69, 9.17) is 4.52 Å². The first kappa shape index (κ1) is 14.1. The number of rotatable bonds is 3. The summed E-state index contributed by atoms with van der Waals surface area (Å²) in [5, 5.41) is 16.8. The van der Waals surface area contributed by atoms with Gasteiger partial charge in [-0.3, -0.25) is 4.79 Å². The van der Waals surface area contributed by atoms with Gasteiger partial charge in [-0.25, -0.2) is 0 Å². The topological polar surface area (TPSA) is 75.4 Å². The van der Waals surface area contributed by atoms with Crippen molar-refractivity contribution in [2.24, 2.45) is 5.41 Å². The number of aryl methyl sites for hydroxylation is 1. The van der Waals surface area contributed by atoms with Gasteiger partial charge in [0.05, 0.1) is 11.8 Å². The molecule has 0 saturated heterocycles. The van der Waals surface area contributed by atoms with Crippen molar-refractivity contribution in [1.29, 1.82) is 0 Å². The van der Waals surface area contributed by atoms with Crippen molar-refractivity contribution < 1.29 is 14.4 Å². The molecular weight excluding hydrogens is 244 g/mol. The van der Waals surface area contributed by atoms with Gasteiger partial charge in [0, 0.05) is 6.54 Å². The third-order valence-corrected chi connectivity index (χ3v) is 4.11. The zero-order valence-corrected chi connectivity index (χ0v) is 11.8. The van der Waals surface area contributed by atoms with Crippen LogP contribution in [0.4, 0.5) is 0 Å². The average Bonchev–Trinajstić information content (AvgIpc) is 2.77. The highest BCUT2D eigenvalue weighted by Crippen LogP contribution is 2.39. The highest BCUT2D eigenvalue weighted by molar-refractivity contribution is 5.94. The van der Waals surface area contributed by atoms with E-state index in [1.165, 1.54) is 6.20 Å². The van der Waals surface area contributed by atoms with E-state index in [1.54, 1.807) is 6.92 Å². The zero-order valence-electron chi connectivity index (χ0n) is 11.8. The van der Waals surface area contributed by atoms with E-state index in [9.17, 15) is 9.90 Å². The summed E-state index contributed by atoms with van der Waals surface area (Å²) in [6.07, 6.45) is 4.81. The maximum atomic E-state index is 11.9. The lowest BCUT2D eigenvalue weighted by atomic mass is 9.71. The Morgan fingerprint density at radius 2 is 2.05 bits per heavy atom. The first-order valence-corrected chi connectivity index (χ1v) is 6.73. The highest BCUT2D eigenvalue weighted by Gasteiger charge is 2.36. The molecule has 1 aliphatic rings. The molecule has 1 heterocycles. The molecule has 1 amide bonds. The Hall–Kier alpha value is -1.36. The number of aliphatic hydroxyl groups is 1. The molecule has 0 unspecified atom stereocenters. The van der Waals surface area contributed by atoms with Gasteiger partial charge in [0.2, 0.25) is 0 Å². The van der Waals surface area contributed by atoms with E-state index in [2.05, 4.69) is 24.3 Å². The van der Waals surface area contributed by atoms with Gasteiger partial charge in [-0.2, -0.15) is 0 Å². The maximum Gasteiger partial charge on any atom is 0.256 e. The number of hydrogen-bond acceptors (Lipinski definition) is 4. The summed E-state index contributed by atoms with van der Waals surface area (Å²) in [7, 11) is 0. The maximum absolute atomic E-state index is 11.9. The standard InChI is InChI=1S/C14H22N2O3/c1-10-11(8-16-19-10)12(17)15-9-14(18)6-4-13(2,3)5-7-14/h8,18H,4-7,9H2,1-3H3,(H,15,17). The number of amides is 1. The third kappa shape index (κ3) is 3.35. The zero-order chi connectivity index (χ0) is 14.1. The van der Waals surface area contributed by atoms with Crippen molar-refractivity contribution in [2.75, 3.05) is 6.54 Å². The van der Waals surface area contributed by atoms with Gasteiger partial charge in [-0.15, -0.1) is 0 Å². The van der Waals surface area contributed by atoms with Gasteiger partial charge in [0.1, 0.15) is 11.3 Å². The molecule has 1 aliphatic carbocycles. The van der Waals surface area contributed by atoms with Crippen molar-refractivity contribution in [2.45, 2.75) is 52.1 Å². The molecular formula is C14H22N2O3. The summed E-state index contributed by atoms with van der Waals surface area (Å²) in [6, 6.07) is 0. The Morgan fingerprint density at radius 1 is 1.42 bits per heavy atom. The Balaban J connectivity index is 1.89. The number of aromatic nitrogens is 1. The van der Waals surface area contributed by atoms with Gasteiger partial charge in [-0.1, -0.05) is 19.0 Å². The summed E-state index contributed by atoms with van der Waals surface area (Å²) in [5.41, 5.74) is -0.0582. The van der Waals surface area contributed by atoms with Crippen LogP contribution in [-0.2, 0) is 0 Å². The molecule has 0 bridgehead atoms. The normalized spacial score (nSPS) is 21.1. The molecule has 19 heavy (non-hydrogen) atoms. The van der Waals surface area contributed by atoms with Gasteiger partial charge in [0.15, 0.2) is 0 Å². The molecule has 1 fully saturated rings. The van der Waals surface area contributed by atoms with Crippen molar-refractivity contribution in [3.05, 3.63) is 17.5 Å². The van der Waals surface area contributed by atoms with Crippen LogP contribution in [0.15, 0.2) is 10.7 Å². The van der Waals surface area contributed by atoms with E-state index in [0.29, 0.717) is 16.7 Å². The first-order chi connectivity index (χ1) is 8.81. The van der Waals surface area contributed by atoms with Gasteiger partial charge in [0.25, 0.3) is 5.91 Å². The Kier molecular flexibility index (Phi) is 3.67. The first-order valence-electron chi connectivity index (χ1n) is 6.73. The van der Waals surface area contributed by atoms with Gasteiger partial charge in [-0.05, 0) is 38.0 Å². The molecule has 0 atom stereocenters. The molecule has 106 valence electrons. The number of nitrogens with zero attached hydrogens (tertiary/aromatic N) is 1. The number of hydrogen-bond donors (Lipinski definition) is 2. The lowest BCUT2D eigenvalue weighted by molar-refractivity contribution is -0.0233. The van der Waals surface area contributed by atoms with Crippen molar-refractivity contribution in [3.8, 4) is 0 Å². The number of carbonyl (C=O) groups is 1. The molecule has 1 saturated carbocycles. The fourth-order valence-electron chi connectivity index (χ4n) is 2.43. The van der Waals surface area contributed by atoms with Crippen molar-refractivity contribution in [3.63, 3.8) is 0 Å². The smallest absolute Gasteiger partial charge is 0.256 e. The van der Waals surface area contributed by atoms with E-state index in [1.807, 2.05) is 0 Å². The van der Waals surface area contributed by atoms with Crippen LogP contribution in [0.1, 0.15) is 55.6 Å². The van der Waals surface area contributed by atoms with Crippen LogP contribution >= 0.6 is 0 Å². The molecule has 0 spiro atoms. The average molecular weight is 266 g/mol. The van der Waals surface area contributed by atoms with Gasteiger partial charge >= 0.3 is 0 Å². The van der Waals surface area contributed by atoms with E-state index in [0.717, 1.165) is 25.7 Å². The largest absolute Gasteiger partial charge is 0.388 e. The lowest BCUT2D eigenvalue weighted by Crippen LogP contribution is -2.46. The number of nitrogens with one attached hydrogen (secondary N) is 1. The fraction of sp³-hybridized carbons (Fsp3) is 0.714. The monoisotopic (exact) mass is 266 g/mol. The molecule has 0 aliphatic heterocycles. The second-order valence-electron chi connectivity index (χ2n) is 6.37. The van der Waals surface area contributed by atoms with Crippen LogP contribution < -0.4 is 5.32 Å². The van der Waals surface area contributed by atoms with Crippen molar-refractivity contribution in [1.82, 2.24) is 10.5 Å². The van der Waals surface area contributed by atoms with E-state index >= 15 is 0 Å². The quantitative estimate of drug-likeness (QED) is 0.878. The molecule has 0 radical (unpaired) electrons. The summed E-state index contributed by atoms with van der Waals surface area (Å²) in [5.74, 6) is 0.256. The third-order valence-electron chi connectivity index (χ3n) is 4.11. The molecule has 5 nitrogen and oxygen atoms in total. The van der Waals surface area contributed by atoms with Gasteiger partial charge < -0.3 is 14.9 Å². The number of carbonyl (C=O) groups excluding carboxylic acids is 1. The summed E-state index contributed by atoms with van der Waals surface area (Å²) in [6.45, 7) is 6.41. The molecule has 2 N–H and O–H groups in total. The predicted molar refractivity (Wildman–Crippen MR) is 70.8 cm³/mol. The Bertz CT molecular complexity index is 455. The van der Waals surface area contributed by atoms with Crippen LogP contribution in [-0.4, -0.2) is 28.3 Å². The minimum absolute atomic E-state index is 0.239. The Morgan fingerprint density at radius 3 is 2.58 bits per heavy atom. The van der Waals surface area contributed by atoms with Crippen LogP contribution in [0, 0.1) is 12.3 Å². The molecule has 0 aromatic carbocycles. The van der Waals surface area contributed by atoms with Crippen molar-refractivity contribution >= 4 is 5.91 Å². The van der Waals surface area contributed by atoms with Crippen LogP contribution in [0.25, 0.3) is 0 Å². The Labute approximate surface area is 113 Å². The summed E-state index contributed by atoms with van der Waals surface area (Å²) in [4.78, 5) is 11.9. The molecule has 1 aromatic rings. The molecule has 5 heteroatoms. The second-order valence-corrected chi connectivity index (χ2v) is 6.37. The van der Waals surface area contributed by atoms with Crippen LogP contribution in [0.5, 0.6) is 0 Å². The lowest BCUT2D eigenvalue weighted by Gasteiger charge is -2.40. The van der Waals surface area contributed by atoms with E-state index < -0.39 is 5.60 Å². The molecule has 1 aromatic heterocycles. The second kappa shape index (κ2) is 4.96. The minimum atomic E-state index is -0.781. The SMILES string of the molecule is Cc1oncc1C(=O)NCC1(O)CCC(C)(C)CC1. The van der Waals surface area contributed by atoms with Crippen LogP contribution in [0.3, 0.4) is 0 Å². The van der Waals surface area contributed by atoms with Crippen LogP contribution in [0.2, 0.25) is 0 Å². The molecule has 2 rings (SSSR count). The highest BCUT2D eigenvalue weighted by atomic mass is 16.5. The van der Waals surface area contributed by atoms with E-state index in [-0.39, 0.29) is 12.5 Å². The summed E-state index contributed by atoms with van der Waals surface area (Å²) >= 11 is 0. The summed E-state index contributed by atoms with van der Waals surface area (Å²) < 4.78 is 4.86. The predicted octanol–water partition coefficient (Wildman–Crippen LogP) is 2.04. The fourth-order valence-corrected chi connectivity index (χ4v) is 2.43. The minimum Gasteiger partial charge on any atom is -0.388 e.